The van der Waals surface area contributed by atoms with Crippen LogP contribution in [0.1, 0.15) is 0 Å². The molecule has 0 rings (SSSR count). The molecule has 0 radical (unpaired) electrons. The minimum Gasteiger partial charge on any atom is -0.769 e. The molecule has 0 aromatic heterocycles. The molecule has 0 spiro atoms. The molecule has 0 aliphatic carbocycles. The summed E-state index contributed by atoms with van der Waals surface area (Å²) >= 11 is -4.97. The SMILES string of the molecule is O=S([O-])C(F)(C(F)(F)F)C(F)(F)F.[Na+]. The summed E-state index contributed by atoms with van der Waals surface area (Å²) in [5, 5.41) is -6.21. The fourth-order valence-electron chi connectivity index (χ4n) is 0.350. The molecule has 1 unspecified atom stereocenters. The minimum atomic E-state index is -6.54. The minimum absolute atomic E-state index is 0. The van der Waals surface area contributed by atoms with Gasteiger partial charge in [0.2, 0.25) is 0 Å². The van der Waals surface area contributed by atoms with Crippen molar-refractivity contribution >= 4 is 11.1 Å². The van der Waals surface area contributed by atoms with Crippen molar-refractivity contribution in [1.82, 2.24) is 0 Å². The van der Waals surface area contributed by atoms with E-state index in [0.29, 0.717) is 0 Å². The van der Waals surface area contributed by atoms with Gasteiger partial charge in [-0.25, -0.2) is 4.39 Å². The van der Waals surface area contributed by atoms with E-state index in [-0.39, 0.29) is 29.6 Å². The summed E-state index contributed by atoms with van der Waals surface area (Å²) in [6.45, 7) is 0. The summed E-state index contributed by atoms with van der Waals surface area (Å²) in [5.41, 5.74) is 0. The van der Waals surface area contributed by atoms with Gasteiger partial charge in [-0.2, -0.15) is 26.3 Å². The van der Waals surface area contributed by atoms with E-state index in [1.807, 2.05) is 0 Å². The number of alkyl halides is 7. The molecular weight excluding hydrogens is 256 g/mol. The zero-order valence-corrected chi connectivity index (χ0v) is 9.19. The Hall–Kier alpha value is 0.620. The summed E-state index contributed by atoms with van der Waals surface area (Å²) in [6, 6.07) is 0. The molecule has 0 heterocycles. The molecule has 0 N–H and O–H groups in total. The summed E-state index contributed by atoms with van der Waals surface area (Å²) in [7, 11) is 0. The van der Waals surface area contributed by atoms with Crippen LogP contribution >= 0.6 is 0 Å². The van der Waals surface area contributed by atoms with Gasteiger partial charge in [-0.05, 0) is 0 Å². The Morgan fingerprint density at radius 2 is 1.07 bits per heavy atom. The average Bonchev–Trinajstić information content (AvgIpc) is 1.80. The molecule has 0 aliphatic rings. The fraction of sp³-hybridized carbons (Fsp3) is 1.00. The maximum absolute atomic E-state index is 12.1. The van der Waals surface area contributed by atoms with Crippen molar-refractivity contribution in [2.24, 2.45) is 0 Å². The number of halogens is 7. The molecule has 0 aromatic carbocycles. The van der Waals surface area contributed by atoms with Crippen molar-refractivity contribution in [2.75, 3.05) is 0 Å². The predicted molar refractivity (Wildman–Crippen MR) is 24.9 cm³/mol. The Morgan fingerprint density at radius 1 is 0.857 bits per heavy atom. The largest absolute Gasteiger partial charge is 1.00 e. The smallest absolute Gasteiger partial charge is 0.769 e. The third-order valence-corrected chi connectivity index (χ3v) is 1.88. The molecule has 80 valence electrons. The standard InChI is InChI=1S/C3HF7O2S.Na/c4-1(13(11)12,2(5,6)7)3(8,9)10;/h(H,11,12);/q;+1/p-1. The number of hydrogen-bond donors (Lipinski definition) is 0. The quantitative estimate of drug-likeness (QED) is 0.331. The monoisotopic (exact) mass is 256 g/mol. The number of hydrogen-bond acceptors (Lipinski definition) is 2. The van der Waals surface area contributed by atoms with Crippen molar-refractivity contribution in [3.8, 4) is 0 Å². The van der Waals surface area contributed by atoms with Crippen molar-refractivity contribution in [3.63, 3.8) is 0 Å². The molecule has 1 atom stereocenters. The molecule has 0 saturated carbocycles. The van der Waals surface area contributed by atoms with E-state index in [1.54, 1.807) is 0 Å². The van der Waals surface area contributed by atoms with Gasteiger partial charge < -0.3 is 4.55 Å². The van der Waals surface area contributed by atoms with Crippen LogP contribution in [0.15, 0.2) is 0 Å². The van der Waals surface area contributed by atoms with E-state index in [2.05, 4.69) is 0 Å². The zero-order valence-electron chi connectivity index (χ0n) is 6.37. The first kappa shape index (κ1) is 17.0. The third kappa shape index (κ3) is 2.81. The third-order valence-electron chi connectivity index (χ3n) is 0.959. The molecule has 0 aliphatic heterocycles. The number of rotatable bonds is 1. The van der Waals surface area contributed by atoms with Crippen LogP contribution in [0.3, 0.4) is 0 Å². The Bertz CT molecular complexity index is 208. The van der Waals surface area contributed by atoms with Crippen LogP contribution in [0.4, 0.5) is 30.7 Å². The van der Waals surface area contributed by atoms with Gasteiger partial charge in [0.05, 0.1) is 0 Å². The molecule has 11 heteroatoms. The Labute approximate surface area is 97.4 Å². The second-order valence-electron chi connectivity index (χ2n) is 1.83. The van der Waals surface area contributed by atoms with Gasteiger partial charge in [0, 0.05) is 11.1 Å². The van der Waals surface area contributed by atoms with E-state index in [9.17, 15) is 39.5 Å². The van der Waals surface area contributed by atoms with Gasteiger partial charge in [-0.3, -0.25) is 4.21 Å². The maximum atomic E-state index is 12.1. The zero-order chi connectivity index (χ0) is 11.1. The van der Waals surface area contributed by atoms with Crippen molar-refractivity contribution in [1.29, 1.82) is 0 Å². The maximum Gasteiger partial charge on any atom is 1.00 e. The van der Waals surface area contributed by atoms with Gasteiger partial charge >= 0.3 is 46.9 Å². The molecular formula is C3F7NaO2S. The molecule has 0 amide bonds. The van der Waals surface area contributed by atoms with Gasteiger partial charge in [0.25, 0.3) is 0 Å². The second-order valence-corrected chi connectivity index (χ2v) is 2.86. The van der Waals surface area contributed by atoms with E-state index in [0.717, 1.165) is 0 Å². The predicted octanol–water partition coefficient (Wildman–Crippen LogP) is -1.34. The van der Waals surface area contributed by atoms with Crippen LogP contribution < -0.4 is 29.6 Å². The first-order valence-corrected chi connectivity index (χ1v) is 3.44. The fourth-order valence-corrected chi connectivity index (χ4v) is 0.728. The van der Waals surface area contributed by atoms with Crippen molar-refractivity contribution in [3.05, 3.63) is 0 Å². The van der Waals surface area contributed by atoms with Crippen LogP contribution in [-0.4, -0.2) is 26.1 Å². The van der Waals surface area contributed by atoms with E-state index in [1.165, 1.54) is 0 Å². The van der Waals surface area contributed by atoms with Gasteiger partial charge in [0.1, 0.15) is 0 Å². The van der Waals surface area contributed by atoms with Gasteiger partial charge in [-0.15, -0.1) is 0 Å². The van der Waals surface area contributed by atoms with Crippen LogP contribution in [0.25, 0.3) is 0 Å². The second kappa shape index (κ2) is 4.64. The van der Waals surface area contributed by atoms with Crippen LogP contribution in [0.2, 0.25) is 0 Å². The normalized spacial score (nSPS) is 16.0. The summed E-state index contributed by atoms with van der Waals surface area (Å²) in [6.07, 6.45) is -13.1. The van der Waals surface area contributed by atoms with Gasteiger partial charge in [-0.1, -0.05) is 0 Å². The van der Waals surface area contributed by atoms with Crippen LogP contribution in [0.5, 0.6) is 0 Å². The van der Waals surface area contributed by atoms with Crippen molar-refractivity contribution < 1.29 is 69.1 Å². The summed E-state index contributed by atoms with van der Waals surface area (Å²) < 4.78 is 99.2. The molecule has 14 heavy (non-hydrogen) atoms. The average molecular weight is 256 g/mol. The molecule has 0 aromatic rings. The van der Waals surface area contributed by atoms with Crippen LogP contribution in [-0.2, 0) is 11.1 Å². The Balaban J connectivity index is 0. The van der Waals surface area contributed by atoms with E-state index >= 15 is 0 Å². The molecule has 2 nitrogen and oxygen atoms in total. The van der Waals surface area contributed by atoms with Crippen molar-refractivity contribution in [2.45, 2.75) is 17.4 Å². The van der Waals surface area contributed by atoms with E-state index < -0.39 is 28.4 Å². The summed E-state index contributed by atoms with van der Waals surface area (Å²) in [5.74, 6) is 0. The first-order chi connectivity index (χ1) is 5.44. The van der Waals surface area contributed by atoms with Crippen LogP contribution in [0, 0.1) is 0 Å². The Kier molecular flexibility index (Phi) is 5.64. The Morgan fingerprint density at radius 3 is 1.07 bits per heavy atom. The topological polar surface area (TPSA) is 40.1 Å². The van der Waals surface area contributed by atoms with Gasteiger partial charge in [0.15, 0.2) is 0 Å². The first-order valence-electron chi connectivity index (χ1n) is 2.36. The molecule has 0 bridgehead atoms. The molecule has 0 fully saturated rings. The van der Waals surface area contributed by atoms with E-state index in [4.69, 9.17) is 0 Å². The molecule has 0 saturated heterocycles. The summed E-state index contributed by atoms with van der Waals surface area (Å²) in [4.78, 5) is 0.